The molecule has 1 aromatic carbocycles. The summed E-state index contributed by atoms with van der Waals surface area (Å²) >= 11 is 0. The molecule has 16 heavy (non-hydrogen) atoms. The molecule has 0 saturated carbocycles. The van der Waals surface area contributed by atoms with Crippen LogP contribution in [0.2, 0.25) is 0 Å². The third-order valence-corrected chi connectivity index (χ3v) is 3.33. The number of hydrogen-bond acceptors (Lipinski definition) is 3. The zero-order valence-electron chi connectivity index (χ0n) is 9.76. The van der Waals surface area contributed by atoms with E-state index in [9.17, 15) is 5.11 Å². The number of nitrogens with zero attached hydrogens (tertiary/aromatic N) is 1. The van der Waals surface area contributed by atoms with Crippen molar-refractivity contribution in [1.29, 1.82) is 0 Å². The fraction of sp³-hybridized carbons (Fsp3) is 0.538. The standard InChI is InChI=1S/C13H20N2O/c1-10(16)13-4-2-3-9-15(13)12-7-5-11(14)6-8-12/h5-8,10,13,16H,2-4,9,14H2,1H3/t10-,13+/m0/s1. The SMILES string of the molecule is C[C@H](O)[C@H]1CCCCN1c1ccc(N)cc1. The van der Waals surface area contributed by atoms with E-state index >= 15 is 0 Å². The molecule has 1 heterocycles. The number of aliphatic hydroxyl groups is 1. The maximum Gasteiger partial charge on any atom is 0.0715 e. The first-order valence-corrected chi connectivity index (χ1v) is 5.99. The molecule has 2 rings (SSSR count). The molecule has 88 valence electrons. The van der Waals surface area contributed by atoms with Crippen molar-refractivity contribution in [2.45, 2.75) is 38.3 Å². The van der Waals surface area contributed by atoms with E-state index < -0.39 is 0 Å². The molecule has 0 aliphatic carbocycles. The van der Waals surface area contributed by atoms with Crippen LogP contribution in [0.15, 0.2) is 24.3 Å². The number of anilines is 2. The smallest absolute Gasteiger partial charge is 0.0715 e. The van der Waals surface area contributed by atoms with Crippen molar-refractivity contribution in [3.05, 3.63) is 24.3 Å². The van der Waals surface area contributed by atoms with E-state index in [-0.39, 0.29) is 12.1 Å². The highest BCUT2D eigenvalue weighted by Crippen LogP contribution is 2.27. The summed E-state index contributed by atoms with van der Waals surface area (Å²) in [5, 5.41) is 9.80. The van der Waals surface area contributed by atoms with Gasteiger partial charge in [-0.1, -0.05) is 0 Å². The highest BCUT2D eigenvalue weighted by Gasteiger charge is 2.26. The predicted molar refractivity (Wildman–Crippen MR) is 67.5 cm³/mol. The second kappa shape index (κ2) is 4.74. The van der Waals surface area contributed by atoms with Gasteiger partial charge >= 0.3 is 0 Å². The van der Waals surface area contributed by atoms with Crippen LogP contribution >= 0.6 is 0 Å². The van der Waals surface area contributed by atoms with Gasteiger partial charge in [-0.3, -0.25) is 0 Å². The predicted octanol–water partition coefficient (Wildman–Crippen LogP) is 2.01. The molecule has 3 N–H and O–H groups in total. The van der Waals surface area contributed by atoms with Crippen LogP contribution in [0.3, 0.4) is 0 Å². The minimum Gasteiger partial charge on any atom is -0.399 e. The molecule has 1 saturated heterocycles. The lowest BCUT2D eigenvalue weighted by atomic mass is 9.97. The number of benzene rings is 1. The quantitative estimate of drug-likeness (QED) is 0.750. The van der Waals surface area contributed by atoms with Crippen LogP contribution in [0.4, 0.5) is 11.4 Å². The van der Waals surface area contributed by atoms with E-state index in [4.69, 9.17) is 5.73 Å². The molecule has 0 amide bonds. The Kier molecular flexibility index (Phi) is 3.34. The topological polar surface area (TPSA) is 49.5 Å². The van der Waals surface area contributed by atoms with E-state index in [2.05, 4.69) is 4.90 Å². The highest BCUT2D eigenvalue weighted by molar-refractivity contribution is 5.54. The minimum absolute atomic E-state index is 0.248. The summed E-state index contributed by atoms with van der Waals surface area (Å²) in [6.07, 6.45) is 3.20. The fourth-order valence-electron chi connectivity index (χ4n) is 2.45. The Morgan fingerprint density at radius 3 is 2.62 bits per heavy atom. The second-order valence-electron chi connectivity index (χ2n) is 4.59. The van der Waals surface area contributed by atoms with Crippen LogP contribution in [0, 0.1) is 0 Å². The van der Waals surface area contributed by atoms with Crippen molar-refractivity contribution in [2.24, 2.45) is 0 Å². The van der Waals surface area contributed by atoms with Gasteiger partial charge in [-0.15, -0.1) is 0 Å². The molecule has 0 unspecified atom stereocenters. The lowest BCUT2D eigenvalue weighted by Crippen LogP contribution is -2.45. The van der Waals surface area contributed by atoms with Crippen LogP contribution in [0.25, 0.3) is 0 Å². The van der Waals surface area contributed by atoms with E-state index in [1.807, 2.05) is 31.2 Å². The minimum atomic E-state index is -0.280. The number of nitrogen functional groups attached to an aromatic ring is 1. The fourth-order valence-corrected chi connectivity index (χ4v) is 2.45. The molecule has 0 radical (unpaired) electrons. The van der Waals surface area contributed by atoms with E-state index in [0.29, 0.717) is 0 Å². The number of rotatable bonds is 2. The Labute approximate surface area is 96.9 Å². The van der Waals surface area contributed by atoms with Crippen LogP contribution in [-0.2, 0) is 0 Å². The van der Waals surface area contributed by atoms with Gasteiger partial charge in [0.1, 0.15) is 0 Å². The first kappa shape index (κ1) is 11.3. The summed E-state index contributed by atoms with van der Waals surface area (Å²) in [4.78, 5) is 2.30. The molecule has 1 aliphatic heterocycles. The summed E-state index contributed by atoms with van der Waals surface area (Å²) in [5.74, 6) is 0. The summed E-state index contributed by atoms with van der Waals surface area (Å²) < 4.78 is 0. The summed E-state index contributed by atoms with van der Waals surface area (Å²) in [6.45, 7) is 2.90. The van der Waals surface area contributed by atoms with Crippen LogP contribution in [-0.4, -0.2) is 23.8 Å². The maximum absolute atomic E-state index is 9.80. The molecule has 2 atom stereocenters. The van der Waals surface area contributed by atoms with Gasteiger partial charge < -0.3 is 15.7 Å². The average Bonchev–Trinajstić information content (AvgIpc) is 2.30. The Morgan fingerprint density at radius 2 is 2.00 bits per heavy atom. The van der Waals surface area contributed by atoms with Crippen LogP contribution < -0.4 is 10.6 Å². The normalized spacial score (nSPS) is 23.1. The van der Waals surface area contributed by atoms with Crippen molar-refractivity contribution in [1.82, 2.24) is 0 Å². The van der Waals surface area contributed by atoms with Gasteiger partial charge in [-0.05, 0) is 50.5 Å². The first-order valence-electron chi connectivity index (χ1n) is 5.99. The molecule has 1 fully saturated rings. The van der Waals surface area contributed by atoms with E-state index in [1.54, 1.807) is 0 Å². The third-order valence-electron chi connectivity index (χ3n) is 3.33. The van der Waals surface area contributed by atoms with Crippen molar-refractivity contribution >= 4 is 11.4 Å². The van der Waals surface area contributed by atoms with Gasteiger partial charge in [0.05, 0.1) is 12.1 Å². The molecule has 3 nitrogen and oxygen atoms in total. The molecular weight excluding hydrogens is 200 g/mol. The highest BCUT2D eigenvalue weighted by atomic mass is 16.3. The Bertz CT molecular complexity index is 334. The van der Waals surface area contributed by atoms with E-state index in [1.165, 1.54) is 18.5 Å². The van der Waals surface area contributed by atoms with E-state index in [0.717, 1.165) is 18.7 Å². The lowest BCUT2D eigenvalue weighted by Gasteiger charge is -2.39. The number of hydrogen-bond donors (Lipinski definition) is 2. The molecule has 3 heteroatoms. The van der Waals surface area contributed by atoms with Crippen molar-refractivity contribution in [3.63, 3.8) is 0 Å². The van der Waals surface area contributed by atoms with Crippen molar-refractivity contribution in [2.75, 3.05) is 17.2 Å². The zero-order valence-corrected chi connectivity index (χ0v) is 9.76. The van der Waals surface area contributed by atoms with Gasteiger partial charge in [0.25, 0.3) is 0 Å². The number of aliphatic hydroxyl groups excluding tert-OH is 1. The Balaban J connectivity index is 2.19. The lowest BCUT2D eigenvalue weighted by molar-refractivity contribution is 0.145. The maximum atomic E-state index is 9.80. The number of nitrogens with two attached hydrogens (primary N) is 1. The molecule has 0 aromatic heterocycles. The molecule has 0 spiro atoms. The zero-order chi connectivity index (χ0) is 11.5. The van der Waals surface area contributed by atoms with Crippen LogP contribution in [0.5, 0.6) is 0 Å². The average molecular weight is 220 g/mol. The molecule has 0 bridgehead atoms. The van der Waals surface area contributed by atoms with Gasteiger partial charge in [-0.25, -0.2) is 0 Å². The summed E-state index contributed by atoms with van der Waals surface area (Å²) in [6, 6.07) is 8.16. The first-order chi connectivity index (χ1) is 7.68. The van der Waals surface area contributed by atoms with Gasteiger partial charge in [0, 0.05) is 17.9 Å². The second-order valence-corrected chi connectivity index (χ2v) is 4.59. The van der Waals surface area contributed by atoms with Gasteiger partial charge in [-0.2, -0.15) is 0 Å². The summed E-state index contributed by atoms with van der Waals surface area (Å²) in [5.41, 5.74) is 7.64. The molecular formula is C13H20N2O. The van der Waals surface area contributed by atoms with Gasteiger partial charge in [0.15, 0.2) is 0 Å². The molecule has 1 aliphatic rings. The monoisotopic (exact) mass is 220 g/mol. The third kappa shape index (κ3) is 2.30. The molecule has 1 aromatic rings. The Hall–Kier alpha value is -1.22. The van der Waals surface area contributed by atoms with Crippen LogP contribution in [0.1, 0.15) is 26.2 Å². The summed E-state index contributed by atoms with van der Waals surface area (Å²) in [7, 11) is 0. The van der Waals surface area contributed by atoms with Crippen molar-refractivity contribution < 1.29 is 5.11 Å². The Morgan fingerprint density at radius 1 is 1.31 bits per heavy atom. The largest absolute Gasteiger partial charge is 0.399 e. The number of piperidine rings is 1. The van der Waals surface area contributed by atoms with Crippen molar-refractivity contribution in [3.8, 4) is 0 Å². The van der Waals surface area contributed by atoms with Gasteiger partial charge in [0.2, 0.25) is 0 Å².